The van der Waals surface area contributed by atoms with Gasteiger partial charge in [0.2, 0.25) is 0 Å². The van der Waals surface area contributed by atoms with E-state index in [2.05, 4.69) is 17.3 Å². The van der Waals surface area contributed by atoms with Gasteiger partial charge in [-0.3, -0.25) is 0 Å². The fraction of sp³-hybridized carbons (Fsp3) is 1.00. The molecule has 3 nitrogen and oxygen atoms in total. The quantitative estimate of drug-likeness (QED) is 0.799. The van der Waals surface area contributed by atoms with Crippen LogP contribution in [0.4, 0.5) is 0 Å². The monoisotopic (exact) mass is 266 g/mol. The van der Waals surface area contributed by atoms with Crippen molar-refractivity contribution in [2.75, 3.05) is 20.1 Å². The number of rotatable bonds is 6. The molecule has 2 saturated carbocycles. The van der Waals surface area contributed by atoms with Crippen LogP contribution in [0.25, 0.3) is 0 Å². The molecule has 1 N–H and O–H groups in total. The first-order chi connectivity index (χ1) is 9.31. The summed E-state index contributed by atoms with van der Waals surface area (Å²) >= 11 is 0. The number of ether oxygens (including phenoxy) is 1. The Bertz CT molecular complexity index is 274. The highest BCUT2D eigenvalue weighted by atomic mass is 16.5. The van der Waals surface area contributed by atoms with Crippen molar-refractivity contribution in [3.05, 3.63) is 0 Å². The lowest BCUT2D eigenvalue weighted by Gasteiger charge is -2.32. The van der Waals surface area contributed by atoms with Crippen molar-refractivity contribution >= 4 is 0 Å². The Morgan fingerprint density at radius 3 is 2.42 bits per heavy atom. The lowest BCUT2D eigenvalue weighted by molar-refractivity contribution is 0.0170. The first kappa shape index (κ1) is 13.8. The van der Waals surface area contributed by atoms with Crippen molar-refractivity contribution in [2.45, 2.75) is 82.1 Å². The largest absolute Gasteiger partial charge is 0.372 e. The van der Waals surface area contributed by atoms with Gasteiger partial charge in [-0.15, -0.1) is 0 Å². The Kier molecular flexibility index (Phi) is 4.78. The van der Waals surface area contributed by atoms with Crippen molar-refractivity contribution < 1.29 is 4.74 Å². The smallest absolute Gasteiger partial charge is 0.0707 e. The molecule has 2 unspecified atom stereocenters. The maximum Gasteiger partial charge on any atom is 0.0707 e. The predicted molar refractivity (Wildman–Crippen MR) is 78.4 cm³/mol. The van der Waals surface area contributed by atoms with E-state index in [-0.39, 0.29) is 0 Å². The minimum atomic E-state index is 0.477. The second kappa shape index (κ2) is 6.55. The van der Waals surface area contributed by atoms with Gasteiger partial charge in [0.15, 0.2) is 0 Å². The third kappa shape index (κ3) is 4.17. The van der Waals surface area contributed by atoms with Crippen LogP contribution in [-0.2, 0) is 4.74 Å². The minimum Gasteiger partial charge on any atom is -0.372 e. The zero-order chi connectivity index (χ0) is 13.1. The molecule has 3 rings (SSSR count). The number of nitrogens with one attached hydrogen (secondary N) is 1. The minimum absolute atomic E-state index is 0.477. The molecule has 19 heavy (non-hydrogen) atoms. The van der Waals surface area contributed by atoms with Crippen molar-refractivity contribution in [2.24, 2.45) is 0 Å². The summed E-state index contributed by atoms with van der Waals surface area (Å²) in [4.78, 5) is 2.57. The second-order valence-electron chi connectivity index (χ2n) is 6.87. The first-order valence-electron chi connectivity index (χ1n) is 8.40. The molecule has 0 aromatic carbocycles. The van der Waals surface area contributed by atoms with Gasteiger partial charge in [0.25, 0.3) is 0 Å². The number of likely N-dealkylation sites (N-methyl/N-ethyl adjacent to an activating group) is 1. The Morgan fingerprint density at radius 2 is 1.68 bits per heavy atom. The van der Waals surface area contributed by atoms with E-state index in [9.17, 15) is 0 Å². The van der Waals surface area contributed by atoms with Crippen molar-refractivity contribution in [1.29, 1.82) is 0 Å². The van der Waals surface area contributed by atoms with Crippen LogP contribution < -0.4 is 5.32 Å². The first-order valence-corrected chi connectivity index (χ1v) is 8.40. The van der Waals surface area contributed by atoms with E-state index < -0.39 is 0 Å². The summed E-state index contributed by atoms with van der Waals surface area (Å²) in [6.45, 7) is 2.22. The third-order valence-corrected chi connectivity index (χ3v) is 5.10. The van der Waals surface area contributed by atoms with Crippen LogP contribution in [0, 0.1) is 0 Å². The van der Waals surface area contributed by atoms with E-state index in [1.54, 1.807) is 0 Å². The summed E-state index contributed by atoms with van der Waals surface area (Å²) in [5.74, 6) is 0. The second-order valence-corrected chi connectivity index (χ2v) is 6.87. The number of hydrogen-bond acceptors (Lipinski definition) is 3. The van der Waals surface area contributed by atoms with Gasteiger partial charge in [-0.25, -0.2) is 0 Å². The molecule has 0 aromatic heterocycles. The molecular formula is C16H30N2O. The Labute approximate surface area is 118 Å². The summed E-state index contributed by atoms with van der Waals surface area (Å²) in [5, 5.41) is 3.60. The molecule has 1 aliphatic heterocycles. The van der Waals surface area contributed by atoms with Gasteiger partial charge >= 0.3 is 0 Å². The van der Waals surface area contributed by atoms with Crippen LogP contribution in [0.5, 0.6) is 0 Å². The van der Waals surface area contributed by atoms with E-state index in [0.717, 1.165) is 25.2 Å². The molecule has 0 spiro atoms. The number of hydrogen-bond donors (Lipinski definition) is 1. The normalized spacial score (nSPS) is 33.2. The van der Waals surface area contributed by atoms with Crippen molar-refractivity contribution in [1.82, 2.24) is 10.2 Å². The molecule has 2 aliphatic carbocycles. The van der Waals surface area contributed by atoms with Gasteiger partial charge in [0.1, 0.15) is 0 Å². The van der Waals surface area contributed by atoms with Crippen LogP contribution in [0.3, 0.4) is 0 Å². The number of nitrogens with zero attached hydrogens (tertiary/aromatic N) is 1. The average Bonchev–Trinajstić information content (AvgIpc) is 3.17. The maximum absolute atomic E-state index is 6.20. The van der Waals surface area contributed by atoms with Crippen LogP contribution >= 0.6 is 0 Å². The summed E-state index contributed by atoms with van der Waals surface area (Å²) in [6.07, 6.45) is 13.3. The topological polar surface area (TPSA) is 24.5 Å². The van der Waals surface area contributed by atoms with Crippen LogP contribution in [0.15, 0.2) is 0 Å². The van der Waals surface area contributed by atoms with E-state index in [0.29, 0.717) is 12.2 Å². The highest BCUT2D eigenvalue weighted by molar-refractivity contribution is 4.85. The summed E-state index contributed by atoms with van der Waals surface area (Å²) in [7, 11) is 2.30. The molecular weight excluding hydrogens is 236 g/mol. The highest BCUT2D eigenvalue weighted by Gasteiger charge is 2.29. The lowest BCUT2D eigenvalue weighted by atomic mass is 9.94. The van der Waals surface area contributed by atoms with Gasteiger partial charge in [-0.05, 0) is 45.6 Å². The molecule has 0 amide bonds. The molecule has 2 atom stereocenters. The van der Waals surface area contributed by atoms with E-state index >= 15 is 0 Å². The van der Waals surface area contributed by atoms with Gasteiger partial charge in [0, 0.05) is 25.2 Å². The molecule has 3 fully saturated rings. The predicted octanol–water partition coefficient (Wildman–Crippen LogP) is 2.55. The molecule has 110 valence electrons. The van der Waals surface area contributed by atoms with Crippen molar-refractivity contribution in [3.63, 3.8) is 0 Å². The van der Waals surface area contributed by atoms with Crippen molar-refractivity contribution in [3.8, 4) is 0 Å². The molecule has 0 bridgehead atoms. The van der Waals surface area contributed by atoms with Crippen LogP contribution in [0.1, 0.15) is 57.8 Å². The molecule has 1 heterocycles. The fourth-order valence-corrected chi connectivity index (χ4v) is 3.64. The third-order valence-electron chi connectivity index (χ3n) is 5.10. The van der Waals surface area contributed by atoms with Gasteiger partial charge < -0.3 is 15.0 Å². The molecule has 1 saturated heterocycles. The van der Waals surface area contributed by atoms with Gasteiger partial charge in [-0.2, -0.15) is 0 Å². The van der Waals surface area contributed by atoms with Crippen LogP contribution in [0.2, 0.25) is 0 Å². The summed E-state index contributed by atoms with van der Waals surface area (Å²) in [6, 6.07) is 1.63. The lowest BCUT2D eigenvalue weighted by Crippen LogP contribution is -2.39. The SMILES string of the molecule is CN(CC1CCC(CNC2CC2)O1)C1CCCCC1. The van der Waals surface area contributed by atoms with Gasteiger partial charge in [0.05, 0.1) is 12.2 Å². The van der Waals surface area contributed by atoms with Crippen LogP contribution in [-0.4, -0.2) is 49.3 Å². The maximum atomic E-state index is 6.20. The zero-order valence-electron chi connectivity index (χ0n) is 12.4. The fourth-order valence-electron chi connectivity index (χ4n) is 3.64. The summed E-state index contributed by atoms with van der Waals surface area (Å²) < 4.78 is 6.20. The van der Waals surface area contributed by atoms with E-state index in [4.69, 9.17) is 4.74 Å². The zero-order valence-corrected chi connectivity index (χ0v) is 12.4. The van der Waals surface area contributed by atoms with Gasteiger partial charge in [-0.1, -0.05) is 19.3 Å². The Morgan fingerprint density at radius 1 is 0.947 bits per heavy atom. The molecule has 0 radical (unpaired) electrons. The Balaban J connectivity index is 1.35. The molecule has 0 aromatic rings. The summed E-state index contributed by atoms with van der Waals surface area (Å²) in [5.41, 5.74) is 0. The molecule has 3 aliphatic rings. The molecule has 3 heteroatoms. The van der Waals surface area contributed by atoms with E-state index in [1.807, 2.05) is 0 Å². The highest BCUT2D eigenvalue weighted by Crippen LogP contribution is 2.26. The Hall–Kier alpha value is -0.120. The standard InChI is InChI=1S/C16H30N2O/c1-18(14-5-3-2-4-6-14)12-16-10-9-15(19-16)11-17-13-7-8-13/h13-17H,2-12H2,1H3. The average molecular weight is 266 g/mol. The van der Waals surface area contributed by atoms with E-state index in [1.165, 1.54) is 57.8 Å².